The smallest absolute Gasteiger partial charge is 0.240 e. The van der Waals surface area contributed by atoms with E-state index in [-0.39, 0.29) is 21.7 Å². The molecule has 0 bridgehead atoms. The zero-order valence-electron chi connectivity index (χ0n) is 10.2. The van der Waals surface area contributed by atoms with Gasteiger partial charge in [-0.05, 0) is 40.2 Å². The molecule has 0 aliphatic rings. The molecule has 0 aliphatic heterocycles. The molecule has 0 spiro atoms. The van der Waals surface area contributed by atoms with Crippen molar-refractivity contribution in [3.8, 4) is 5.75 Å². The summed E-state index contributed by atoms with van der Waals surface area (Å²) in [5.74, 6) is -0.660. The van der Waals surface area contributed by atoms with Gasteiger partial charge in [-0.3, -0.25) is 0 Å². The normalized spacial score (nSPS) is 11.5. The van der Waals surface area contributed by atoms with E-state index in [2.05, 4.69) is 20.7 Å². The highest BCUT2D eigenvalue weighted by Crippen LogP contribution is 2.20. The molecule has 0 saturated carbocycles. The molecule has 0 radical (unpaired) electrons. The minimum Gasteiger partial charge on any atom is -0.508 e. The summed E-state index contributed by atoms with van der Waals surface area (Å²) < 4.78 is 39.9. The number of phenolic OH excluding ortho intramolecular Hbond substituents is 1. The highest BCUT2D eigenvalue weighted by molar-refractivity contribution is 9.10. The molecule has 4 nitrogen and oxygen atoms in total. The van der Waals surface area contributed by atoms with E-state index in [1.807, 2.05) is 0 Å². The van der Waals surface area contributed by atoms with Gasteiger partial charge >= 0.3 is 0 Å². The number of sulfonamides is 1. The maximum Gasteiger partial charge on any atom is 0.240 e. The number of hydrogen-bond donors (Lipinski definition) is 2. The molecule has 7 heteroatoms. The Kier molecular flexibility index (Phi) is 4.42. The van der Waals surface area contributed by atoms with Crippen LogP contribution in [-0.4, -0.2) is 13.5 Å². The molecule has 0 aliphatic carbocycles. The lowest BCUT2D eigenvalue weighted by molar-refractivity contribution is 0.467. The minimum atomic E-state index is -3.84. The molecule has 2 N–H and O–H groups in total. The highest BCUT2D eigenvalue weighted by Gasteiger charge is 2.16. The van der Waals surface area contributed by atoms with Gasteiger partial charge in [-0.1, -0.05) is 18.2 Å². The SMILES string of the molecule is O=S(=O)(NCc1ccccc1O)c1ccc(Br)c(F)c1. The topological polar surface area (TPSA) is 66.4 Å². The van der Waals surface area contributed by atoms with Gasteiger partial charge in [-0.2, -0.15) is 0 Å². The average Bonchev–Trinajstić information content (AvgIpc) is 2.41. The Morgan fingerprint density at radius 2 is 1.90 bits per heavy atom. The van der Waals surface area contributed by atoms with Crippen LogP contribution in [0.5, 0.6) is 5.75 Å². The van der Waals surface area contributed by atoms with Crippen LogP contribution >= 0.6 is 15.9 Å². The highest BCUT2D eigenvalue weighted by atomic mass is 79.9. The molecule has 0 heterocycles. The molecular formula is C13H11BrFNO3S. The van der Waals surface area contributed by atoms with Crippen LogP contribution in [0.15, 0.2) is 51.8 Å². The van der Waals surface area contributed by atoms with Crippen molar-refractivity contribution in [2.24, 2.45) is 0 Å². The lowest BCUT2D eigenvalue weighted by Crippen LogP contribution is -2.23. The molecule has 106 valence electrons. The summed E-state index contributed by atoms with van der Waals surface area (Å²) in [6, 6.07) is 9.92. The van der Waals surface area contributed by atoms with Crippen LogP contribution < -0.4 is 4.72 Å². The van der Waals surface area contributed by atoms with Gasteiger partial charge in [0.15, 0.2) is 0 Å². The van der Waals surface area contributed by atoms with Crippen molar-refractivity contribution in [2.45, 2.75) is 11.4 Å². The van der Waals surface area contributed by atoms with Crippen LogP contribution in [0.3, 0.4) is 0 Å². The molecule has 0 amide bonds. The van der Waals surface area contributed by atoms with E-state index < -0.39 is 15.8 Å². The van der Waals surface area contributed by atoms with Crippen molar-refractivity contribution in [1.29, 1.82) is 0 Å². The van der Waals surface area contributed by atoms with Crippen LogP contribution in [0.4, 0.5) is 4.39 Å². The van der Waals surface area contributed by atoms with Gasteiger partial charge in [0.05, 0.1) is 9.37 Å². The zero-order chi connectivity index (χ0) is 14.8. The number of nitrogens with one attached hydrogen (secondary N) is 1. The van der Waals surface area contributed by atoms with E-state index in [4.69, 9.17) is 0 Å². The van der Waals surface area contributed by atoms with Crippen molar-refractivity contribution in [1.82, 2.24) is 4.72 Å². The third-order valence-electron chi connectivity index (χ3n) is 2.65. The number of rotatable bonds is 4. The van der Waals surface area contributed by atoms with Gasteiger partial charge < -0.3 is 5.11 Å². The minimum absolute atomic E-state index is 0.00260. The number of para-hydroxylation sites is 1. The summed E-state index contributed by atoms with van der Waals surface area (Å²) in [4.78, 5) is -0.173. The van der Waals surface area contributed by atoms with Crippen LogP contribution in [0.2, 0.25) is 0 Å². The zero-order valence-corrected chi connectivity index (χ0v) is 12.6. The summed E-state index contributed by atoms with van der Waals surface area (Å²) in [6.07, 6.45) is 0. The molecule has 2 aromatic carbocycles. The van der Waals surface area contributed by atoms with Crippen LogP contribution in [0.25, 0.3) is 0 Å². The third-order valence-corrected chi connectivity index (χ3v) is 4.69. The monoisotopic (exact) mass is 359 g/mol. The predicted molar refractivity (Wildman–Crippen MR) is 76.2 cm³/mol. The average molecular weight is 360 g/mol. The number of halogens is 2. The first-order valence-electron chi connectivity index (χ1n) is 5.62. The van der Waals surface area contributed by atoms with Crippen molar-refractivity contribution in [3.63, 3.8) is 0 Å². The van der Waals surface area contributed by atoms with Crippen LogP contribution in [0.1, 0.15) is 5.56 Å². The number of benzene rings is 2. The maximum absolute atomic E-state index is 13.4. The van der Waals surface area contributed by atoms with E-state index in [1.165, 1.54) is 18.2 Å². The van der Waals surface area contributed by atoms with Gasteiger partial charge in [-0.15, -0.1) is 0 Å². The molecule has 2 rings (SSSR count). The fourth-order valence-corrected chi connectivity index (χ4v) is 2.83. The number of phenols is 1. The Morgan fingerprint density at radius 3 is 2.55 bits per heavy atom. The molecular weight excluding hydrogens is 349 g/mol. The summed E-state index contributed by atoms with van der Waals surface area (Å²) in [5.41, 5.74) is 0.439. The molecule has 0 aromatic heterocycles. The standard InChI is InChI=1S/C13H11BrFNO3S/c14-11-6-5-10(7-12(11)15)20(18,19)16-8-9-3-1-2-4-13(9)17/h1-7,16-17H,8H2. The predicted octanol–water partition coefficient (Wildman–Crippen LogP) is 2.77. The lowest BCUT2D eigenvalue weighted by Gasteiger charge is -2.08. The van der Waals surface area contributed by atoms with E-state index in [0.29, 0.717) is 5.56 Å². The summed E-state index contributed by atoms with van der Waals surface area (Å²) in [5, 5.41) is 9.56. The fraction of sp³-hybridized carbons (Fsp3) is 0.0769. The van der Waals surface area contributed by atoms with E-state index >= 15 is 0 Å². The molecule has 0 atom stereocenters. The van der Waals surface area contributed by atoms with Crippen molar-refractivity contribution in [3.05, 3.63) is 58.3 Å². The molecule has 0 fully saturated rings. The molecule has 0 unspecified atom stereocenters. The third kappa shape index (κ3) is 3.36. The van der Waals surface area contributed by atoms with Gasteiger partial charge in [0.25, 0.3) is 0 Å². The van der Waals surface area contributed by atoms with E-state index in [0.717, 1.165) is 6.07 Å². The second-order valence-electron chi connectivity index (χ2n) is 4.03. The Morgan fingerprint density at radius 1 is 1.20 bits per heavy atom. The van der Waals surface area contributed by atoms with Crippen molar-refractivity contribution < 1.29 is 17.9 Å². The maximum atomic E-state index is 13.4. The molecule has 20 heavy (non-hydrogen) atoms. The van der Waals surface area contributed by atoms with Gasteiger partial charge in [-0.25, -0.2) is 17.5 Å². The quantitative estimate of drug-likeness (QED) is 0.881. The Bertz CT molecular complexity index is 734. The van der Waals surface area contributed by atoms with E-state index in [1.54, 1.807) is 18.2 Å². The Balaban J connectivity index is 2.19. The van der Waals surface area contributed by atoms with Crippen LogP contribution in [-0.2, 0) is 16.6 Å². The lowest BCUT2D eigenvalue weighted by atomic mass is 10.2. The summed E-state index contributed by atoms with van der Waals surface area (Å²) in [7, 11) is -3.84. The molecule has 0 saturated heterocycles. The molecule has 2 aromatic rings. The summed E-state index contributed by atoms with van der Waals surface area (Å²) >= 11 is 2.96. The number of hydrogen-bond acceptors (Lipinski definition) is 3. The first-order valence-corrected chi connectivity index (χ1v) is 7.89. The first kappa shape index (κ1) is 15.0. The van der Waals surface area contributed by atoms with Crippen LogP contribution in [0, 0.1) is 5.82 Å². The first-order chi connectivity index (χ1) is 9.40. The second-order valence-corrected chi connectivity index (χ2v) is 6.65. The number of aromatic hydroxyl groups is 1. The van der Waals surface area contributed by atoms with Gasteiger partial charge in [0.1, 0.15) is 11.6 Å². The van der Waals surface area contributed by atoms with Gasteiger partial charge in [0, 0.05) is 12.1 Å². The second kappa shape index (κ2) is 5.90. The summed E-state index contributed by atoms with van der Waals surface area (Å²) in [6.45, 7) is -0.0767. The Labute approximate surface area is 124 Å². The van der Waals surface area contributed by atoms with E-state index in [9.17, 15) is 17.9 Å². The Hall–Kier alpha value is -1.44. The van der Waals surface area contributed by atoms with Gasteiger partial charge in [0.2, 0.25) is 10.0 Å². The largest absolute Gasteiger partial charge is 0.508 e. The van der Waals surface area contributed by atoms with Crippen molar-refractivity contribution in [2.75, 3.05) is 0 Å². The fourth-order valence-electron chi connectivity index (χ4n) is 1.56. The van der Waals surface area contributed by atoms with Crippen molar-refractivity contribution >= 4 is 26.0 Å².